The maximum absolute atomic E-state index is 11.2. The number of piperidine rings is 2. The monoisotopic (exact) mass is 256 g/mol. The standard InChI is InChI=1S/C16H20N2O/c1-11-4-2-5-12(10-17)15(11)16(19)8-13-6-3-7-14(9-16)18-13/h2,4-5,13-14,18-19H,3,6-9H2,1H3. The van der Waals surface area contributed by atoms with E-state index in [1.54, 1.807) is 0 Å². The van der Waals surface area contributed by atoms with Gasteiger partial charge in [0.25, 0.3) is 0 Å². The van der Waals surface area contributed by atoms with Crippen LogP contribution in [0.4, 0.5) is 0 Å². The molecule has 1 aromatic carbocycles. The average Bonchev–Trinajstić information content (AvgIpc) is 2.37. The summed E-state index contributed by atoms with van der Waals surface area (Å²) in [5, 5.41) is 24.1. The van der Waals surface area contributed by atoms with Gasteiger partial charge in [-0.15, -0.1) is 0 Å². The number of aryl methyl sites for hydroxylation is 1. The molecule has 0 spiro atoms. The van der Waals surface area contributed by atoms with Crippen LogP contribution in [0.3, 0.4) is 0 Å². The molecule has 2 heterocycles. The molecule has 2 saturated heterocycles. The number of fused-ring (bicyclic) bond motifs is 2. The first-order valence-electron chi connectivity index (χ1n) is 7.11. The minimum Gasteiger partial charge on any atom is -0.385 e. The molecule has 1 aromatic rings. The van der Waals surface area contributed by atoms with Gasteiger partial charge in [0.1, 0.15) is 0 Å². The Hall–Kier alpha value is -1.37. The van der Waals surface area contributed by atoms with Gasteiger partial charge in [0, 0.05) is 17.6 Å². The Labute approximate surface area is 114 Å². The van der Waals surface area contributed by atoms with Gasteiger partial charge in [-0.2, -0.15) is 5.26 Å². The smallest absolute Gasteiger partial charge is 0.0995 e. The molecular weight excluding hydrogens is 236 g/mol. The fraction of sp³-hybridized carbons (Fsp3) is 0.562. The summed E-state index contributed by atoms with van der Waals surface area (Å²) in [5.41, 5.74) is 1.68. The van der Waals surface area contributed by atoms with Crippen LogP contribution >= 0.6 is 0 Å². The molecule has 0 amide bonds. The summed E-state index contributed by atoms with van der Waals surface area (Å²) in [6.45, 7) is 1.99. The lowest BCUT2D eigenvalue weighted by Gasteiger charge is -2.46. The zero-order chi connectivity index (χ0) is 13.5. The number of aliphatic hydroxyl groups is 1. The van der Waals surface area contributed by atoms with Crippen LogP contribution in [-0.2, 0) is 5.60 Å². The highest BCUT2D eigenvalue weighted by molar-refractivity contribution is 5.46. The Balaban J connectivity index is 2.03. The average molecular weight is 256 g/mol. The Kier molecular flexibility index (Phi) is 3.08. The highest BCUT2D eigenvalue weighted by Gasteiger charge is 2.43. The number of benzene rings is 1. The van der Waals surface area contributed by atoms with Gasteiger partial charge in [0.2, 0.25) is 0 Å². The van der Waals surface area contributed by atoms with Crippen LogP contribution in [0.25, 0.3) is 0 Å². The highest BCUT2D eigenvalue weighted by atomic mass is 16.3. The number of nitrogens with zero attached hydrogens (tertiary/aromatic N) is 1. The first-order valence-corrected chi connectivity index (χ1v) is 7.11. The molecule has 100 valence electrons. The molecule has 0 aromatic heterocycles. The summed E-state index contributed by atoms with van der Waals surface area (Å²) in [7, 11) is 0. The van der Waals surface area contributed by atoms with Crippen molar-refractivity contribution in [2.24, 2.45) is 0 Å². The highest BCUT2D eigenvalue weighted by Crippen LogP contribution is 2.41. The van der Waals surface area contributed by atoms with Crippen LogP contribution < -0.4 is 5.32 Å². The molecule has 19 heavy (non-hydrogen) atoms. The van der Waals surface area contributed by atoms with Gasteiger partial charge >= 0.3 is 0 Å². The van der Waals surface area contributed by atoms with Crippen molar-refractivity contribution in [1.29, 1.82) is 5.26 Å². The van der Waals surface area contributed by atoms with E-state index in [9.17, 15) is 10.4 Å². The first kappa shape index (κ1) is 12.7. The predicted molar refractivity (Wildman–Crippen MR) is 73.6 cm³/mol. The second kappa shape index (κ2) is 4.63. The van der Waals surface area contributed by atoms with Gasteiger partial charge in [0.05, 0.1) is 17.2 Å². The van der Waals surface area contributed by atoms with E-state index < -0.39 is 5.60 Å². The largest absolute Gasteiger partial charge is 0.385 e. The lowest BCUT2D eigenvalue weighted by Crippen LogP contribution is -2.54. The molecule has 2 bridgehead atoms. The van der Waals surface area contributed by atoms with Crippen molar-refractivity contribution in [2.75, 3.05) is 0 Å². The number of rotatable bonds is 1. The fourth-order valence-corrected chi connectivity index (χ4v) is 3.91. The van der Waals surface area contributed by atoms with Crippen LogP contribution in [0.15, 0.2) is 18.2 Å². The van der Waals surface area contributed by atoms with Crippen molar-refractivity contribution in [3.05, 3.63) is 34.9 Å². The van der Waals surface area contributed by atoms with Crippen molar-refractivity contribution in [3.8, 4) is 6.07 Å². The molecule has 2 aliphatic rings. The van der Waals surface area contributed by atoms with E-state index in [0.29, 0.717) is 17.6 Å². The van der Waals surface area contributed by atoms with Crippen molar-refractivity contribution < 1.29 is 5.11 Å². The van der Waals surface area contributed by atoms with E-state index >= 15 is 0 Å². The molecule has 3 rings (SSSR count). The van der Waals surface area contributed by atoms with Gasteiger partial charge in [-0.3, -0.25) is 0 Å². The van der Waals surface area contributed by atoms with E-state index in [4.69, 9.17) is 0 Å². The van der Waals surface area contributed by atoms with Crippen LogP contribution in [0, 0.1) is 18.3 Å². The van der Waals surface area contributed by atoms with Crippen LogP contribution in [-0.4, -0.2) is 17.2 Å². The Bertz CT molecular complexity index is 520. The third-order valence-corrected chi connectivity index (χ3v) is 4.60. The maximum atomic E-state index is 11.2. The summed E-state index contributed by atoms with van der Waals surface area (Å²) in [5.74, 6) is 0. The van der Waals surface area contributed by atoms with Gasteiger partial charge in [-0.25, -0.2) is 0 Å². The quantitative estimate of drug-likeness (QED) is 0.811. The Morgan fingerprint density at radius 1 is 1.32 bits per heavy atom. The fourth-order valence-electron chi connectivity index (χ4n) is 3.91. The number of nitriles is 1. The summed E-state index contributed by atoms with van der Waals surface area (Å²) in [6.07, 6.45) is 4.96. The lowest BCUT2D eigenvalue weighted by atomic mass is 9.72. The topological polar surface area (TPSA) is 56.0 Å². The van der Waals surface area contributed by atoms with Crippen molar-refractivity contribution in [3.63, 3.8) is 0 Å². The third kappa shape index (κ3) is 2.16. The molecule has 0 radical (unpaired) electrons. The molecule has 2 aliphatic heterocycles. The predicted octanol–water partition coefficient (Wildman–Crippen LogP) is 2.36. The molecule has 2 unspecified atom stereocenters. The van der Waals surface area contributed by atoms with Crippen molar-refractivity contribution >= 4 is 0 Å². The third-order valence-electron chi connectivity index (χ3n) is 4.60. The summed E-state index contributed by atoms with van der Waals surface area (Å²) >= 11 is 0. The Morgan fingerprint density at radius 3 is 2.63 bits per heavy atom. The van der Waals surface area contributed by atoms with Gasteiger partial charge in [-0.05, 0) is 44.2 Å². The second-order valence-electron chi connectivity index (χ2n) is 6.04. The first-order chi connectivity index (χ1) is 9.12. The van der Waals surface area contributed by atoms with Gasteiger partial charge < -0.3 is 10.4 Å². The zero-order valence-corrected chi connectivity index (χ0v) is 11.3. The van der Waals surface area contributed by atoms with Gasteiger partial charge in [-0.1, -0.05) is 18.6 Å². The van der Waals surface area contributed by atoms with Crippen LogP contribution in [0.5, 0.6) is 0 Å². The molecule has 3 heteroatoms. The van der Waals surface area contributed by atoms with Crippen molar-refractivity contribution in [2.45, 2.75) is 56.7 Å². The number of hydrogen-bond acceptors (Lipinski definition) is 3. The molecule has 3 nitrogen and oxygen atoms in total. The molecule has 0 saturated carbocycles. The summed E-state index contributed by atoms with van der Waals surface area (Å²) in [6, 6.07) is 8.73. The minimum atomic E-state index is -0.836. The number of hydrogen-bond donors (Lipinski definition) is 2. The molecular formula is C16H20N2O. The molecule has 2 fully saturated rings. The van der Waals surface area contributed by atoms with Gasteiger partial charge in [0.15, 0.2) is 0 Å². The van der Waals surface area contributed by atoms with Crippen LogP contribution in [0.1, 0.15) is 48.8 Å². The number of nitrogens with one attached hydrogen (secondary N) is 1. The van der Waals surface area contributed by atoms with E-state index in [2.05, 4.69) is 11.4 Å². The minimum absolute atomic E-state index is 0.392. The van der Waals surface area contributed by atoms with E-state index in [1.165, 1.54) is 6.42 Å². The van der Waals surface area contributed by atoms with Crippen LogP contribution in [0.2, 0.25) is 0 Å². The molecule has 2 atom stereocenters. The van der Waals surface area contributed by atoms with E-state index in [1.807, 2.05) is 25.1 Å². The Morgan fingerprint density at radius 2 is 2.00 bits per heavy atom. The maximum Gasteiger partial charge on any atom is 0.0995 e. The normalized spacial score (nSPS) is 33.7. The molecule has 2 N–H and O–H groups in total. The van der Waals surface area contributed by atoms with Crippen molar-refractivity contribution in [1.82, 2.24) is 5.32 Å². The van der Waals surface area contributed by atoms with E-state index in [-0.39, 0.29) is 0 Å². The SMILES string of the molecule is Cc1cccc(C#N)c1C1(O)CC2CCCC(C1)N2. The van der Waals surface area contributed by atoms with E-state index in [0.717, 1.165) is 36.8 Å². The summed E-state index contributed by atoms with van der Waals surface area (Å²) < 4.78 is 0. The zero-order valence-electron chi connectivity index (χ0n) is 11.3. The molecule has 0 aliphatic carbocycles. The summed E-state index contributed by atoms with van der Waals surface area (Å²) in [4.78, 5) is 0. The lowest BCUT2D eigenvalue weighted by molar-refractivity contribution is -0.0365. The second-order valence-corrected chi connectivity index (χ2v) is 6.04.